The normalized spacial score (nSPS) is 15.4. The molecule has 1 heterocycles. The van der Waals surface area contributed by atoms with Gasteiger partial charge in [-0.2, -0.15) is 0 Å². The van der Waals surface area contributed by atoms with Crippen molar-refractivity contribution < 1.29 is 9.53 Å². The van der Waals surface area contributed by atoms with Crippen molar-refractivity contribution in [3.05, 3.63) is 27.7 Å². The summed E-state index contributed by atoms with van der Waals surface area (Å²) in [5.41, 5.74) is 0.500. The molecular weight excluding hydrogens is 287 g/mol. The van der Waals surface area contributed by atoms with Crippen molar-refractivity contribution in [2.45, 2.75) is 6.92 Å². The first-order chi connectivity index (χ1) is 9.13. The molecule has 1 aliphatic rings. The van der Waals surface area contributed by atoms with E-state index >= 15 is 0 Å². The van der Waals surface area contributed by atoms with Gasteiger partial charge in [0.25, 0.3) is 5.91 Å². The Hall–Kier alpha value is -0.970. The third-order valence-corrected chi connectivity index (χ3v) is 3.50. The highest BCUT2D eigenvalue weighted by Gasteiger charge is 2.20. The summed E-state index contributed by atoms with van der Waals surface area (Å²) in [6, 6.07) is 3.23. The average molecular weight is 303 g/mol. The van der Waals surface area contributed by atoms with Crippen LogP contribution in [0.1, 0.15) is 17.3 Å². The van der Waals surface area contributed by atoms with E-state index in [1.165, 1.54) is 0 Å². The van der Waals surface area contributed by atoms with Gasteiger partial charge in [0.2, 0.25) is 0 Å². The Balaban J connectivity index is 2.22. The zero-order valence-electron chi connectivity index (χ0n) is 10.7. The molecular formula is C13H16Cl2N2O2. The lowest BCUT2D eigenvalue weighted by Gasteiger charge is -2.27. The number of carbonyl (C=O) groups excluding carboxylic acids is 1. The van der Waals surface area contributed by atoms with Crippen molar-refractivity contribution in [3.8, 4) is 5.75 Å². The Bertz CT molecular complexity index is 451. The maximum atomic E-state index is 12.3. The molecule has 0 atom stereocenters. The zero-order valence-corrected chi connectivity index (χ0v) is 12.2. The number of piperazine rings is 1. The van der Waals surface area contributed by atoms with Crippen LogP contribution in [0.2, 0.25) is 10.0 Å². The van der Waals surface area contributed by atoms with Gasteiger partial charge in [-0.1, -0.05) is 23.2 Å². The Labute approximate surface area is 122 Å². The van der Waals surface area contributed by atoms with Crippen LogP contribution in [0.4, 0.5) is 0 Å². The molecule has 2 rings (SSSR count). The molecule has 19 heavy (non-hydrogen) atoms. The van der Waals surface area contributed by atoms with Crippen molar-refractivity contribution in [3.63, 3.8) is 0 Å². The molecule has 0 aromatic heterocycles. The molecule has 0 radical (unpaired) electrons. The second-order valence-corrected chi connectivity index (χ2v) is 5.06. The molecule has 1 aromatic carbocycles. The number of hydrogen-bond acceptors (Lipinski definition) is 3. The monoisotopic (exact) mass is 302 g/mol. The number of hydrogen-bond donors (Lipinski definition) is 1. The molecule has 1 aromatic rings. The van der Waals surface area contributed by atoms with Crippen LogP contribution in [-0.4, -0.2) is 43.6 Å². The van der Waals surface area contributed by atoms with Crippen LogP contribution < -0.4 is 10.1 Å². The SMILES string of the molecule is CCOc1c(Cl)cc(C(=O)N2CCNCC2)cc1Cl. The summed E-state index contributed by atoms with van der Waals surface area (Å²) in [6.07, 6.45) is 0. The van der Waals surface area contributed by atoms with E-state index in [4.69, 9.17) is 27.9 Å². The van der Waals surface area contributed by atoms with Gasteiger partial charge < -0.3 is 15.0 Å². The summed E-state index contributed by atoms with van der Waals surface area (Å²) >= 11 is 12.2. The standard InChI is InChI=1S/C13H16Cl2N2O2/c1-2-19-12-10(14)7-9(8-11(12)15)13(18)17-5-3-16-4-6-17/h7-8,16H,2-6H2,1H3. The number of carbonyl (C=O) groups is 1. The quantitative estimate of drug-likeness (QED) is 0.932. The number of nitrogens with zero attached hydrogens (tertiary/aromatic N) is 1. The molecule has 1 aliphatic heterocycles. The minimum atomic E-state index is -0.0478. The maximum absolute atomic E-state index is 12.3. The molecule has 6 heteroatoms. The second kappa shape index (κ2) is 6.46. The second-order valence-electron chi connectivity index (χ2n) is 4.24. The first-order valence-corrected chi connectivity index (χ1v) is 7.01. The van der Waals surface area contributed by atoms with Crippen molar-refractivity contribution in [2.75, 3.05) is 32.8 Å². The summed E-state index contributed by atoms with van der Waals surface area (Å²) in [4.78, 5) is 14.1. The minimum Gasteiger partial charge on any atom is -0.491 e. The number of halogens is 2. The molecule has 0 saturated carbocycles. The van der Waals surface area contributed by atoms with Gasteiger partial charge in [-0.3, -0.25) is 4.79 Å². The van der Waals surface area contributed by atoms with Crippen LogP contribution in [0.25, 0.3) is 0 Å². The lowest BCUT2D eigenvalue weighted by Crippen LogP contribution is -2.46. The van der Waals surface area contributed by atoms with Crippen LogP contribution in [-0.2, 0) is 0 Å². The van der Waals surface area contributed by atoms with E-state index in [0.29, 0.717) is 41.1 Å². The number of nitrogens with one attached hydrogen (secondary N) is 1. The van der Waals surface area contributed by atoms with E-state index in [-0.39, 0.29) is 5.91 Å². The van der Waals surface area contributed by atoms with Gasteiger partial charge in [-0.15, -0.1) is 0 Å². The fourth-order valence-electron chi connectivity index (χ4n) is 2.02. The third-order valence-electron chi connectivity index (χ3n) is 2.94. The average Bonchev–Trinajstić information content (AvgIpc) is 2.43. The molecule has 1 amide bonds. The highest BCUT2D eigenvalue weighted by Crippen LogP contribution is 2.34. The molecule has 0 bridgehead atoms. The van der Waals surface area contributed by atoms with E-state index in [2.05, 4.69) is 5.32 Å². The molecule has 4 nitrogen and oxygen atoms in total. The van der Waals surface area contributed by atoms with E-state index in [0.717, 1.165) is 13.1 Å². The largest absolute Gasteiger partial charge is 0.491 e. The molecule has 1 N–H and O–H groups in total. The fourth-order valence-corrected chi connectivity index (χ4v) is 2.61. The summed E-state index contributed by atoms with van der Waals surface area (Å²) < 4.78 is 5.35. The van der Waals surface area contributed by atoms with E-state index in [9.17, 15) is 4.79 Å². The van der Waals surface area contributed by atoms with Gasteiger partial charge in [0.15, 0.2) is 5.75 Å². The van der Waals surface area contributed by atoms with Crippen molar-refractivity contribution in [1.82, 2.24) is 10.2 Å². The van der Waals surface area contributed by atoms with Gasteiger partial charge in [0, 0.05) is 31.7 Å². The van der Waals surface area contributed by atoms with E-state index in [1.54, 1.807) is 17.0 Å². The van der Waals surface area contributed by atoms with E-state index in [1.807, 2.05) is 6.92 Å². The first kappa shape index (κ1) is 14.4. The van der Waals surface area contributed by atoms with E-state index < -0.39 is 0 Å². The van der Waals surface area contributed by atoms with Crippen LogP contribution in [0, 0.1) is 0 Å². The molecule has 0 unspecified atom stereocenters. The number of ether oxygens (including phenoxy) is 1. The van der Waals surface area contributed by atoms with Gasteiger partial charge in [0.1, 0.15) is 0 Å². The van der Waals surface area contributed by atoms with Gasteiger partial charge in [-0.25, -0.2) is 0 Å². The van der Waals surface area contributed by atoms with Gasteiger partial charge in [-0.05, 0) is 19.1 Å². The van der Waals surface area contributed by atoms with Crippen LogP contribution in [0.15, 0.2) is 12.1 Å². The van der Waals surface area contributed by atoms with Crippen molar-refractivity contribution in [1.29, 1.82) is 0 Å². The summed E-state index contributed by atoms with van der Waals surface area (Å²) in [7, 11) is 0. The molecule has 0 aliphatic carbocycles. The van der Waals surface area contributed by atoms with Crippen LogP contribution in [0.5, 0.6) is 5.75 Å². The topological polar surface area (TPSA) is 41.6 Å². The zero-order chi connectivity index (χ0) is 13.8. The Kier molecular flexibility index (Phi) is 4.91. The van der Waals surface area contributed by atoms with Crippen LogP contribution >= 0.6 is 23.2 Å². The smallest absolute Gasteiger partial charge is 0.254 e. The van der Waals surface area contributed by atoms with Crippen LogP contribution in [0.3, 0.4) is 0 Å². The lowest BCUT2D eigenvalue weighted by molar-refractivity contribution is 0.0736. The molecule has 1 fully saturated rings. The Morgan fingerprint density at radius 1 is 1.32 bits per heavy atom. The number of amides is 1. The molecule has 1 saturated heterocycles. The Morgan fingerprint density at radius 2 is 1.89 bits per heavy atom. The fraction of sp³-hybridized carbons (Fsp3) is 0.462. The van der Waals surface area contributed by atoms with Gasteiger partial charge in [0.05, 0.1) is 16.7 Å². The van der Waals surface area contributed by atoms with Crippen molar-refractivity contribution in [2.24, 2.45) is 0 Å². The van der Waals surface area contributed by atoms with Crippen molar-refractivity contribution >= 4 is 29.1 Å². The first-order valence-electron chi connectivity index (χ1n) is 6.25. The summed E-state index contributed by atoms with van der Waals surface area (Å²) in [5, 5.41) is 3.94. The molecule has 104 valence electrons. The molecule has 0 spiro atoms. The number of rotatable bonds is 3. The number of benzene rings is 1. The predicted molar refractivity (Wildman–Crippen MR) is 76.4 cm³/mol. The third kappa shape index (κ3) is 3.32. The highest BCUT2D eigenvalue weighted by molar-refractivity contribution is 6.37. The highest BCUT2D eigenvalue weighted by atomic mass is 35.5. The maximum Gasteiger partial charge on any atom is 0.254 e. The summed E-state index contributed by atoms with van der Waals surface area (Å²) in [6.45, 7) is 5.34. The van der Waals surface area contributed by atoms with Gasteiger partial charge >= 0.3 is 0 Å². The predicted octanol–water partition coefficient (Wildman–Crippen LogP) is 2.44. The Morgan fingerprint density at radius 3 is 2.42 bits per heavy atom. The minimum absolute atomic E-state index is 0.0478. The summed E-state index contributed by atoms with van der Waals surface area (Å²) in [5.74, 6) is 0.385. The lowest BCUT2D eigenvalue weighted by atomic mass is 10.1.